The summed E-state index contributed by atoms with van der Waals surface area (Å²) >= 11 is 12.0. The molecule has 5 rings (SSSR count). The number of benzene rings is 2. The largest absolute Gasteiger partial charge is 0.619 e. The van der Waals surface area contributed by atoms with Gasteiger partial charge in [-0.25, -0.2) is 9.97 Å². The Labute approximate surface area is 215 Å². The Kier molecular flexibility index (Phi) is 6.37. The van der Waals surface area contributed by atoms with Crippen LogP contribution in [0.25, 0.3) is 16.9 Å². The number of nitrogens with one attached hydrogen (secondary N) is 1. The van der Waals surface area contributed by atoms with Gasteiger partial charge in [0.15, 0.2) is 18.0 Å². The second-order valence-corrected chi connectivity index (χ2v) is 8.83. The van der Waals surface area contributed by atoms with E-state index in [9.17, 15) is 14.8 Å². The molecule has 8 nitrogen and oxygen atoms in total. The Hall–Kier alpha value is -4.27. The van der Waals surface area contributed by atoms with Crippen LogP contribution in [0.3, 0.4) is 0 Å². The van der Waals surface area contributed by atoms with Crippen LogP contribution in [-0.4, -0.2) is 20.4 Å². The van der Waals surface area contributed by atoms with Gasteiger partial charge in [0.1, 0.15) is 11.2 Å². The van der Waals surface area contributed by atoms with Gasteiger partial charge in [0, 0.05) is 45.5 Å². The third-order valence-corrected chi connectivity index (χ3v) is 5.81. The number of hydrogen-bond donors (Lipinski definition) is 1. The lowest BCUT2D eigenvalue weighted by molar-refractivity contribution is -0.605. The zero-order chi connectivity index (χ0) is 25.2. The third kappa shape index (κ3) is 4.91. The monoisotopic (exact) mass is 517 g/mol. The predicted octanol–water partition coefficient (Wildman–Crippen LogP) is 4.56. The molecule has 1 N–H and O–H groups in total. The number of carbonyl (C=O) groups excluding carboxylic acids is 1. The van der Waals surface area contributed by atoms with Crippen molar-refractivity contribution in [2.45, 2.75) is 6.42 Å². The standard InChI is InChI=1S/C26H17Cl2N5O3/c27-18-11-17(12-19(28)13-18)25(34)30-20-5-1-6-21(14-20)33-24-22(7-2-8-29-24)31-23(26(33)35)10-16-4-3-9-32(36)15-16/h1-9,11-15H,10H2,(H,30,34). The van der Waals surface area contributed by atoms with E-state index in [-0.39, 0.29) is 17.7 Å². The molecule has 1 amide bonds. The summed E-state index contributed by atoms with van der Waals surface area (Å²) in [6.45, 7) is 0. The minimum absolute atomic E-state index is 0.165. The zero-order valence-electron chi connectivity index (χ0n) is 18.6. The quantitative estimate of drug-likeness (QED) is 0.271. The van der Waals surface area contributed by atoms with Crippen molar-refractivity contribution in [1.29, 1.82) is 0 Å². The van der Waals surface area contributed by atoms with Gasteiger partial charge in [0.25, 0.3) is 11.5 Å². The molecule has 36 heavy (non-hydrogen) atoms. The molecule has 10 heteroatoms. The number of amides is 1. The molecular weight excluding hydrogens is 501 g/mol. The van der Waals surface area contributed by atoms with Gasteiger partial charge < -0.3 is 10.5 Å². The summed E-state index contributed by atoms with van der Waals surface area (Å²) in [4.78, 5) is 35.2. The Morgan fingerprint density at radius 2 is 1.83 bits per heavy atom. The second-order valence-electron chi connectivity index (χ2n) is 7.96. The maximum atomic E-state index is 13.6. The molecule has 0 spiro atoms. The molecule has 0 unspecified atom stereocenters. The van der Waals surface area contributed by atoms with Crippen LogP contribution in [0.1, 0.15) is 21.6 Å². The van der Waals surface area contributed by atoms with Gasteiger partial charge in [-0.3, -0.25) is 14.2 Å². The lowest BCUT2D eigenvalue weighted by atomic mass is 10.1. The highest BCUT2D eigenvalue weighted by atomic mass is 35.5. The molecule has 5 aromatic rings. The fraction of sp³-hybridized carbons (Fsp3) is 0.0385. The zero-order valence-corrected chi connectivity index (χ0v) is 20.1. The Balaban J connectivity index is 1.56. The van der Waals surface area contributed by atoms with E-state index in [1.807, 2.05) is 0 Å². The van der Waals surface area contributed by atoms with Crippen LogP contribution in [0, 0.1) is 5.21 Å². The van der Waals surface area contributed by atoms with E-state index in [1.54, 1.807) is 54.7 Å². The van der Waals surface area contributed by atoms with Crippen molar-refractivity contribution in [1.82, 2.24) is 14.5 Å². The minimum Gasteiger partial charge on any atom is -0.619 e. The Morgan fingerprint density at radius 3 is 2.61 bits per heavy atom. The molecule has 0 fully saturated rings. The first-order valence-electron chi connectivity index (χ1n) is 10.8. The van der Waals surface area contributed by atoms with E-state index in [0.717, 1.165) is 0 Å². The summed E-state index contributed by atoms with van der Waals surface area (Å²) in [5.74, 6) is -0.405. The fourth-order valence-corrected chi connectivity index (χ4v) is 4.36. The van der Waals surface area contributed by atoms with Crippen LogP contribution >= 0.6 is 23.2 Å². The molecule has 0 bridgehead atoms. The van der Waals surface area contributed by atoms with E-state index in [2.05, 4.69) is 15.3 Å². The SMILES string of the molecule is O=C(Nc1cccc(-n2c(=O)c(Cc3ccc[n+]([O-])c3)nc3cccnc32)c1)c1cc(Cl)cc(Cl)c1. The van der Waals surface area contributed by atoms with Crippen LogP contribution in [0.4, 0.5) is 5.69 Å². The van der Waals surface area contributed by atoms with E-state index < -0.39 is 5.91 Å². The van der Waals surface area contributed by atoms with Crippen molar-refractivity contribution in [3.05, 3.63) is 128 Å². The molecule has 0 aliphatic rings. The molecule has 0 aliphatic carbocycles. The number of nitrogens with zero attached hydrogens (tertiary/aromatic N) is 4. The summed E-state index contributed by atoms with van der Waals surface area (Å²) in [7, 11) is 0. The van der Waals surface area contributed by atoms with Crippen molar-refractivity contribution >= 4 is 46.0 Å². The molecule has 3 heterocycles. The number of halogens is 2. The van der Waals surface area contributed by atoms with Gasteiger partial charge in [0.05, 0.1) is 5.69 Å². The average Bonchev–Trinajstić information content (AvgIpc) is 2.84. The maximum Gasteiger partial charge on any atom is 0.278 e. The summed E-state index contributed by atoms with van der Waals surface area (Å²) < 4.78 is 2.12. The summed E-state index contributed by atoms with van der Waals surface area (Å²) in [5.41, 5.74) is 2.64. The normalized spacial score (nSPS) is 10.9. The highest BCUT2D eigenvalue weighted by Gasteiger charge is 2.16. The van der Waals surface area contributed by atoms with Crippen molar-refractivity contribution < 1.29 is 9.52 Å². The molecule has 0 radical (unpaired) electrons. The molecule has 0 saturated heterocycles. The fourth-order valence-electron chi connectivity index (χ4n) is 3.83. The second kappa shape index (κ2) is 9.77. The van der Waals surface area contributed by atoms with E-state index in [4.69, 9.17) is 23.2 Å². The van der Waals surface area contributed by atoms with E-state index in [1.165, 1.54) is 35.2 Å². The van der Waals surface area contributed by atoms with Gasteiger partial charge in [-0.1, -0.05) is 29.3 Å². The van der Waals surface area contributed by atoms with E-state index in [0.29, 0.717) is 48.4 Å². The third-order valence-electron chi connectivity index (χ3n) is 5.38. The highest BCUT2D eigenvalue weighted by molar-refractivity contribution is 6.35. The smallest absolute Gasteiger partial charge is 0.278 e. The van der Waals surface area contributed by atoms with Gasteiger partial charge in [-0.05, 0) is 54.6 Å². The first-order chi connectivity index (χ1) is 17.4. The van der Waals surface area contributed by atoms with E-state index >= 15 is 0 Å². The molecule has 3 aromatic heterocycles. The Morgan fingerprint density at radius 1 is 1.03 bits per heavy atom. The first-order valence-corrected chi connectivity index (χ1v) is 11.6. The predicted molar refractivity (Wildman–Crippen MR) is 138 cm³/mol. The van der Waals surface area contributed by atoms with Crippen LogP contribution in [0.5, 0.6) is 0 Å². The van der Waals surface area contributed by atoms with Gasteiger partial charge in [-0.15, -0.1) is 0 Å². The number of aromatic nitrogens is 4. The number of rotatable bonds is 5. The molecule has 0 aliphatic heterocycles. The Bertz CT molecular complexity index is 1670. The topological polar surface area (TPSA) is 104 Å². The lowest BCUT2D eigenvalue weighted by Crippen LogP contribution is -2.27. The lowest BCUT2D eigenvalue weighted by Gasteiger charge is -2.13. The van der Waals surface area contributed by atoms with Crippen LogP contribution in [0.2, 0.25) is 10.0 Å². The van der Waals surface area contributed by atoms with Crippen molar-refractivity contribution in [3.8, 4) is 5.69 Å². The van der Waals surface area contributed by atoms with Gasteiger partial charge >= 0.3 is 0 Å². The number of hydrogen-bond acceptors (Lipinski definition) is 5. The number of carbonyl (C=O) groups is 1. The molecule has 2 aromatic carbocycles. The average molecular weight is 518 g/mol. The molecule has 178 valence electrons. The van der Waals surface area contributed by atoms with Crippen LogP contribution in [0.15, 0.2) is 90.1 Å². The van der Waals surface area contributed by atoms with Crippen LogP contribution < -0.4 is 15.6 Å². The maximum absolute atomic E-state index is 13.6. The van der Waals surface area contributed by atoms with Crippen molar-refractivity contribution in [2.24, 2.45) is 0 Å². The molecule has 0 atom stereocenters. The van der Waals surface area contributed by atoms with Crippen molar-refractivity contribution in [3.63, 3.8) is 0 Å². The van der Waals surface area contributed by atoms with Gasteiger partial charge in [-0.2, -0.15) is 4.73 Å². The number of anilines is 1. The molecular formula is C26H17Cl2N5O3. The summed E-state index contributed by atoms with van der Waals surface area (Å²) in [6, 6.07) is 18.2. The van der Waals surface area contributed by atoms with Crippen molar-refractivity contribution in [2.75, 3.05) is 5.32 Å². The number of fused-ring (bicyclic) bond motifs is 1. The summed E-state index contributed by atoms with van der Waals surface area (Å²) in [5, 5.41) is 15.2. The number of pyridine rings is 2. The first kappa shape index (κ1) is 23.5. The van der Waals surface area contributed by atoms with Crippen LogP contribution in [-0.2, 0) is 6.42 Å². The molecule has 0 saturated carbocycles. The minimum atomic E-state index is -0.405. The van der Waals surface area contributed by atoms with Gasteiger partial charge in [0.2, 0.25) is 0 Å². The highest BCUT2D eigenvalue weighted by Crippen LogP contribution is 2.22. The summed E-state index contributed by atoms with van der Waals surface area (Å²) in [6.07, 6.45) is 4.51.